The van der Waals surface area contributed by atoms with Gasteiger partial charge in [-0.15, -0.1) is 0 Å². The van der Waals surface area contributed by atoms with Crippen LogP contribution in [0.4, 0.5) is 34.1 Å². The van der Waals surface area contributed by atoms with E-state index in [1.165, 1.54) is 82.9 Å². The van der Waals surface area contributed by atoms with Crippen molar-refractivity contribution >= 4 is 55.7 Å². The summed E-state index contributed by atoms with van der Waals surface area (Å²) in [5, 5.41) is 4.96. The van der Waals surface area contributed by atoms with Gasteiger partial charge >= 0.3 is 0 Å². The summed E-state index contributed by atoms with van der Waals surface area (Å²) in [4.78, 5) is 4.88. The molecule has 0 heterocycles. The van der Waals surface area contributed by atoms with Gasteiger partial charge in [-0.2, -0.15) is 0 Å². The van der Waals surface area contributed by atoms with E-state index >= 15 is 0 Å². The van der Waals surface area contributed by atoms with Gasteiger partial charge in [-0.3, -0.25) is 0 Å². The van der Waals surface area contributed by atoms with E-state index in [1.54, 1.807) is 0 Å². The molecule has 0 bridgehead atoms. The fourth-order valence-corrected chi connectivity index (χ4v) is 11.4. The van der Waals surface area contributed by atoms with Gasteiger partial charge in [0.05, 0.1) is 11.1 Å². The maximum absolute atomic E-state index is 2.56. The zero-order valence-electron chi connectivity index (χ0n) is 39.2. The summed E-state index contributed by atoms with van der Waals surface area (Å²) in [6.07, 6.45) is 0. The molecule has 324 valence electrons. The van der Waals surface area contributed by atoms with E-state index in [0.29, 0.717) is 0 Å². The van der Waals surface area contributed by atoms with Gasteiger partial charge in [0, 0.05) is 33.8 Å². The van der Waals surface area contributed by atoms with E-state index in [1.807, 2.05) is 0 Å². The van der Waals surface area contributed by atoms with Crippen LogP contribution in [0.25, 0.3) is 43.8 Å². The molecule has 2 aliphatic carbocycles. The Hall–Kier alpha value is -7.68. The fraction of sp³-hybridized carbons (Fsp3) is 0.138. The molecule has 0 N–H and O–H groups in total. The van der Waals surface area contributed by atoms with Crippen LogP contribution in [0.1, 0.15) is 74.9 Å². The van der Waals surface area contributed by atoms with Gasteiger partial charge in [-0.1, -0.05) is 193 Å². The molecule has 0 saturated carbocycles. The van der Waals surface area contributed by atoms with Gasteiger partial charge in [0.15, 0.2) is 0 Å². The first-order chi connectivity index (χ1) is 32.5. The topological polar surface area (TPSA) is 6.48 Å². The SMILES string of the molecule is CC(C)(C)c1ccc(N(c2ccccc2)c2ccc3c4c(ccc3c2)-c2c(cc(N(c3ccccc3)c3ccc(C(C)(C)C)cc3)c3ccccc23)C42c3ccccc3-c3ccccc32)cc1. The molecule has 0 amide bonds. The second-order valence-electron chi connectivity index (χ2n) is 20.5. The molecule has 0 unspecified atom stereocenters. The lowest BCUT2D eigenvalue weighted by Gasteiger charge is -2.34. The lowest BCUT2D eigenvalue weighted by Crippen LogP contribution is -2.26. The van der Waals surface area contributed by atoms with Crippen LogP contribution >= 0.6 is 0 Å². The highest BCUT2D eigenvalue weighted by atomic mass is 15.1. The van der Waals surface area contributed by atoms with Crippen LogP contribution in [0, 0.1) is 0 Å². The molecule has 2 aliphatic rings. The number of nitrogens with zero attached hydrogens (tertiary/aromatic N) is 2. The van der Waals surface area contributed by atoms with Gasteiger partial charge in [-0.05, 0) is 149 Å². The Balaban J connectivity index is 1.14. The Bertz CT molecular complexity index is 3470. The van der Waals surface area contributed by atoms with Crippen LogP contribution in [0.15, 0.2) is 218 Å². The van der Waals surface area contributed by atoms with Crippen LogP contribution in [0.2, 0.25) is 0 Å². The zero-order chi connectivity index (χ0) is 45.7. The Kier molecular flexibility index (Phi) is 9.25. The van der Waals surface area contributed by atoms with Crippen molar-refractivity contribution in [2.45, 2.75) is 57.8 Å². The minimum absolute atomic E-state index is 0.0405. The van der Waals surface area contributed by atoms with E-state index in [0.717, 1.165) is 28.4 Å². The Morgan fingerprint density at radius 1 is 0.328 bits per heavy atom. The molecule has 0 saturated heterocycles. The number of hydrogen-bond acceptors (Lipinski definition) is 2. The summed E-state index contributed by atoms with van der Waals surface area (Å²) in [5.41, 5.74) is 19.5. The summed E-state index contributed by atoms with van der Waals surface area (Å²) in [6.45, 7) is 13.7. The maximum atomic E-state index is 2.56. The molecular formula is C65H54N2. The van der Waals surface area contributed by atoms with Crippen molar-refractivity contribution < 1.29 is 0 Å². The standard InChI is InChI=1S/C65H54N2/c1-63(2,3)44-30-34-48(35-31-44)66(46-19-9-7-10-20-46)50-38-40-51-43(41-50)29-39-56-61-55-26-14-13-25-54(55)60(67(47-21-11-8-12-22-47)49-36-32-45(33-37-49)64(4,5)6)42-59(61)65(62(51)56)57-27-17-15-23-52(57)53-24-16-18-28-58(53)65/h7-42H,1-6H3. The predicted molar refractivity (Wildman–Crippen MR) is 285 cm³/mol. The monoisotopic (exact) mass is 862 g/mol. The average molecular weight is 863 g/mol. The average Bonchev–Trinajstić information content (AvgIpc) is 3.82. The second-order valence-corrected chi connectivity index (χ2v) is 20.5. The summed E-state index contributed by atoms with van der Waals surface area (Å²) < 4.78 is 0. The lowest BCUT2D eigenvalue weighted by atomic mass is 9.69. The Morgan fingerprint density at radius 3 is 1.36 bits per heavy atom. The molecule has 2 heteroatoms. The number of anilines is 6. The highest BCUT2D eigenvalue weighted by Crippen LogP contribution is 2.66. The van der Waals surface area contributed by atoms with E-state index in [4.69, 9.17) is 0 Å². The van der Waals surface area contributed by atoms with Gasteiger partial charge < -0.3 is 9.80 Å². The first kappa shape index (κ1) is 40.8. The Morgan fingerprint density at radius 2 is 0.791 bits per heavy atom. The third-order valence-electron chi connectivity index (χ3n) is 14.5. The summed E-state index contributed by atoms with van der Waals surface area (Å²) in [5.74, 6) is 0. The first-order valence-corrected chi connectivity index (χ1v) is 23.8. The van der Waals surface area contributed by atoms with Crippen LogP contribution in [0.5, 0.6) is 0 Å². The number of benzene rings is 10. The van der Waals surface area contributed by atoms with E-state index in [-0.39, 0.29) is 10.8 Å². The first-order valence-electron chi connectivity index (χ1n) is 23.8. The van der Waals surface area contributed by atoms with Gasteiger partial charge in [0.1, 0.15) is 0 Å². The third-order valence-corrected chi connectivity index (χ3v) is 14.5. The largest absolute Gasteiger partial charge is 0.310 e. The van der Waals surface area contributed by atoms with Crippen molar-refractivity contribution in [1.82, 2.24) is 0 Å². The second kappa shape index (κ2) is 15.2. The number of fused-ring (bicyclic) bond motifs is 14. The quantitative estimate of drug-likeness (QED) is 0.164. The summed E-state index contributed by atoms with van der Waals surface area (Å²) in [6, 6.07) is 82.0. The van der Waals surface area contributed by atoms with Crippen LogP contribution in [-0.4, -0.2) is 0 Å². The Labute approximate surface area is 395 Å². The molecule has 0 aromatic heterocycles. The minimum atomic E-state index is -0.585. The molecule has 67 heavy (non-hydrogen) atoms. The van der Waals surface area contributed by atoms with Gasteiger partial charge in [0.2, 0.25) is 0 Å². The molecule has 1 spiro atoms. The molecule has 10 aromatic carbocycles. The smallest absolute Gasteiger partial charge is 0.0732 e. The van der Waals surface area contributed by atoms with Crippen LogP contribution in [0.3, 0.4) is 0 Å². The van der Waals surface area contributed by atoms with E-state index in [2.05, 4.69) is 270 Å². The molecule has 0 radical (unpaired) electrons. The zero-order valence-corrected chi connectivity index (χ0v) is 39.2. The van der Waals surface area contributed by atoms with Crippen LogP contribution in [-0.2, 0) is 16.2 Å². The van der Waals surface area contributed by atoms with Crippen molar-refractivity contribution in [1.29, 1.82) is 0 Å². The van der Waals surface area contributed by atoms with Crippen molar-refractivity contribution in [3.8, 4) is 22.3 Å². The molecule has 0 fully saturated rings. The van der Waals surface area contributed by atoms with Crippen molar-refractivity contribution in [3.05, 3.63) is 252 Å². The molecule has 0 atom stereocenters. The number of para-hydroxylation sites is 2. The van der Waals surface area contributed by atoms with Crippen molar-refractivity contribution in [3.63, 3.8) is 0 Å². The lowest BCUT2D eigenvalue weighted by molar-refractivity contribution is 0.590. The van der Waals surface area contributed by atoms with E-state index in [9.17, 15) is 0 Å². The third kappa shape index (κ3) is 6.30. The van der Waals surface area contributed by atoms with Gasteiger partial charge in [0.25, 0.3) is 0 Å². The normalized spacial score (nSPS) is 13.3. The summed E-state index contributed by atoms with van der Waals surface area (Å²) >= 11 is 0. The molecule has 10 aromatic rings. The predicted octanol–water partition coefficient (Wildman–Crippen LogP) is 17.9. The highest BCUT2D eigenvalue weighted by Gasteiger charge is 2.53. The molecule has 2 nitrogen and oxygen atoms in total. The minimum Gasteiger partial charge on any atom is -0.310 e. The summed E-state index contributed by atoms with van der Waals surface area (Å²) in [7, 11) is 0. The number of rotatable bonds is 6. The molecule has 12 rings (SSSR count). The maximum Gasteiger partial charge on any atom is 0.0732 e. The number of hydrogen-bond donors (Lipinski definition) is 0. The van der Waals surface area contributed by atoms with Gasteiger partial charge in [-0.25, -0.2) is 0 Å². The molecule has 0 aliphatic heterocycles. The fourth-order valence-electron chi connectivity index (χ4n) is 11.4. The van der Waals surface area contributed by atoms with E-state index < -0.39 is 5.41 Å². The highest BCUT2D eigenvalue weighted by molar-refractivity contribution is 6.15. The van der Waals surface area contributed by atoms with Crippen LogP contribution < -0.4 is 9.80 Å². The molecular weight excluding hydrogens is 809 g/mol. The van der Waals surface area contributed by atoms with Crippen molar-refractivity contribution in [2.75, 3.05) is 9.80 Å². The van der Waals surface area contributed by atoms with Crippen molar-refractivity contribution in [2.24, 2.45) is 0 Å².